The molecule has 0 aromatic heterocycles. The van der Waals surface area contributed by atoms with Gasteiger partial charge >= 0.3 is 0 Å². The molecule has 1 atom stereocenters. The first kappa shape index (κ1) is 14.9. The van der Waals surface area contributed by atoms with Crippen molar-refractivity contribution in [3.8, 4) is 5.75 Å². The Morgan fingerprint density at radius 1 is 1.14 bits per heavy atom. The van der Waals surface area contributed by atoms with Crippen molar-refractivity contribution in [1.29, 1.82) is 0 Å². The molecule has 116 valence electrons. The Labute approximate surface area is 129 Å². The van der Waals surface area contributed by atoms with Gasteiger partial charge in [0.15, 0.2) is 0 Å². The first-order valence-corrected chi connectivity index (χ1v) is 8.81. The molecule has 2 N–H and O–H groups in total. The predicted octanol–water partition coefficient (Wildman–Crippen LogP) is 4.24. The van der Waals surface area contributed by atoms with Gasteiger partial charge in [0.2, 0.25) is 0 Å². The standard InChI is InChI=1S/C19H29NO/c20-18(9-6-15-4-2-1-3-5-15)10-7-16-8-11-19-17(14-16)12-13-21-19/h8,11,14-15,18H,1-7,9-10,12-13,20H2. The monoisotopic (exact) mass is 287 g/mol. The molecule has 1 heterocycles. The molecule has 2 aliphatic rings. The number of fused-ring (bicyclic) bond motifs is 1. The van der Waals surface area contributed by atoms with Gasteiger partial charge in [0.25, 0.3) is 0 Å². The van der Waals surface area contributed by atoms with Gasteiger partial charge in [-0.05, 0) is 48.8 Å². The number of aryl methyl sites for hydroxylation is 1. The highest BCUT2D eigenvalue weighted by atomic mass is 16.5. The third-order valence-electron chi connectivity index (χ3n) is 5.23. The fraction of sp³-hybridized carbons (Fsp3) is 0.684. The van der Waals surface area contributed by atoms with E-state index in [4.69, 9.17) is 10.5 Å². The summed E-state index contributed by atoms with van der Waals surface area (Å²) in [6.07, 6.45) is 13.1. The highest BCUT2D eigenvalue weighted by Crippen LogP contribution is 2.28. The van der Waals surface area contributed by atoms with Crippen LogP contribution in [0.3, 0.4) is 0 Å². The fourth-order valence-corrected chi connectivity index (χ4v) is 3.82. The summed E-state index contributed by atoms with van der Waals surface area (Å²) in [5.74, 6) is 2.04. The zero-order valence-corrected chi connectivity index (χ0v) is 13.2. The van der Waals surface area contributed by atoms with Crippen LogP contribution in [0.25, 0.3) is 0 Å². The van der Waals surface area contributed by atoms with E-state index >= 15 is 0 Å². The molecule has 1 aromatic rings. The maximum absolute atomic E-state index is 6.33. The van der Waals surface area contributed by atoms with Crippen LogP contribution in [-0.2, 0) is 12.8 Å². The molecule has 0 spiro atoms. The van der Waals surface area contributed by atoms with Gasteiger partial charge in [-0.25, -0.2) is 0 Å². The van der Waals surface area contributed by atoms with Crippen LogP contribution in [0.5, 0.6) is 5.75 Å². The molecule has 3 rings (SSSR count). The van der Waals surface area contributed by atoms with Crippen molar-refractivity contribution in [2.24, 2.45) is 11.7 Å². The van der Waals surface area contributed by atoms with Crippen LogP contribution in [0, 0.1) is 5.92 Å². The van der Waals surface area contributed by atoms with Gasteiger partial charge in [0.05, 0.1) is 6.61 Å². The summed E-state index contributed by atoms with van der Waals surface area (Å²) in [5.41, 5.74) is 9.13. The lowest BCUT2D eigenvalue weighted by atomic mass is 9.85. The Balaban J connectivity index is 1.40. The normalized spacial score (nSPS) is 20.0. The zero-order valence-electron chi connectivity index (χ0n) is 13.2. The molecule has 0 bridgehead atoms. The van der Waals surface area contributed by atoms with Crippen molar-refractivity contribution in [1.82, 2.24) is 0 Å². The summed E-state index contributed by atoms with van der Waals surface area (Å²) in [5, 5.41) is 0. The van der Waals surface area contributed by atoms with Crippen molar-refractivity contribution in [2.75, 3.05) is 6.61 Å². The second-order valence-electron chi connectivity index (χ2n) is 6.92. The van der Waals surface area contributed by atoms with Crippen molar-refractivity contribution >= 4 is 0 Å². The van der Waals surface area contributed by atoms with E-state index in [0.29, 0.717) is 6.04 Å². The molecule has 2 heteroatoms. The van der Waals surface area contributed by atoms with Crippen LogP contribution in [0.1, 0.15) is 62.5 Å². The van der Waals surface area contributed by atoms with E-state index in [1.807, 2.05) is 0 Å². The van der Waals surface area contributed by atoms with Gasteiger partial charge in [0, 0.05) is 12.5 Å². The fourth-order valence-electron chi connectivity index (χ4n) is 3.82. The highest BCUT2D eigenvalue weighted by molar-refractivity contribution is 5.39. The summed E-state index contributed by atoms with van der Waals surface area (Å²) in [4.78, 5) is 0. The molecular weight excluding hydrogens is 258 g/mol. The molecule has 0 radical (unpaired) electrons. The van der Waals surface area contributed by atoms with Gasteiger partial charge in [-0.1, -0.05) is 44.2 Å². The van der Waals surface area contributed by atoms with Gasteiger partial charge < -0.3 is 10.5 Å². The number of benzene rings is 1. The first-order chi connectivity index (χ1) is 10.3. The van der Waals surface area contributed by atoms with Crippen LogP contribution in [-0.4, -0.2) is 12.6 Å². The van der Waals surface area contributed by atoms with Gasteiger partial charge in [-0.3, -0.25) is 0 Å². The average molecular weight is 287 g/mol. The van der Waals surface area contributed by atoms with Crippen molar-refractivity contribution < 1.29 is 4.74 Å². The lowest BCUT2D eigenvalue weighted by molar-refractivity contribution is 0.321. The number of ether oxygens (including phenoxy) is 1. The average Bonchev–Trinajstić information content (AvgIpc) is 2.99. The Bertz CT molecular complexity index is 451. The quantitative estimate of drug-likeness (QED) is 0.849. The molecule has 1 aliphatic carbocycles. The summed E-state index contributed by atoms with van der Waals surface area (Å²) in [7, 11) is 0. The molecule has 0 saturated heterocycles. The smallest absolute Gasteiger partial charge is 0.122 e. The number of hydrogen-bond donors (Lipinski definition) is 1. The lowest BCUT2D eigenvalue weighted by Crippen LogP contribution is -2.22. The van der Waals surface area contributed by atoms with Crippen LogP contribution in [0.15, 0.2) is 18.2 Å². The second kappa shape index (κ2) is 7.31. The minimum atomic E-state index is 0.372. The molecule has 1 saturated carbocycles. The Morgan fingerprint density at radius 2 is 2.00 bits per heavy atom. The number of hydrogen-bond acceptors (Lipinski definition) is 2. The summed E-state index contributed by atoms with van der Waals surface area (Å²) in [6.45, 7) is 0.847. The van der Waals surface area contributed by atoms with E-state index in [0.717, 1.165) is 37.5 Å². The molecule has 21 heavy (non-hydrogen) atoms. The minimum Gasteiger partial charge on any atom is -0.493 e. The molecular formula is C19H29NO. The Hall–Kier alpha value is -1.02. The third-order valence-corrected chi connectivity index (χ3v) is 5.23. The Kier molecular flexibility index (Phi) is 5.18. The van der Waals surface area contributed by atoms with E-state index in [1.165, 1.54) is 56.1 Å². The summed E-state index contributed by atoms with van der Waals surface area (Å²) in [6, 6.07) is 7.02. The van der Waals surface area contributed by atoms with Crippen molar-refractivity contribution in [2.45, 2.75) is 70.3 Å². The van der Waals surface area contributed by atoms with Crippen LogP contribution in [0.2, 0.25) is 0 Å². The van der Waals surface area contributed by atoms with E-state index in [1.54, 1.807) is 0 Å². The molecule has 1 fully saturated rings. The van der Waals surface area contributed by atoms with Gasteiger partial charge in [-0.2, -0.15) is 0 Å². The molecule has 0 amide bonds. The minimum absolute atomic E-state index is 0.372. The zero-order chi connectivity index (χ0) is 14.5. The summed E-state index contributed by atoms with van der Waals surface area (Å²) < 4.78 is 5.56. The molecule has 2 nitrogen and oxygen atoms in total. The SMILES string of the molecule is NC(CCc1ccc2c(c1)CCO2)CCC1CCCCC1. The van der Waals surface area contributed by atoms with Crippen LogP contribution >= 0.6 is 0 Å². The molecule has 1 aromatic carbocycles. The largest absolute Gasteiger partial charge is 0.493 e. The van der Waals surface area contributed by atoms with E-state index in [2.05, 4.69) is 18.2 Å². The van der Waals surface area contributed by atoms with Gasteiger partial charge in [-0.15, -0.1) is 0 Å². The second-order valence-corrected chi connectivity index (χ2v) is 6.92. The first-order valence-electron chi connectivity index (χ1n) is 8.81. The summed E-state index contributed by atoms with van der Waals surface area (Å²) >= 11 is 0. The number of rotatable bonds is 6. The third kappa shape index (κ3) is 4.23. The van der Waals surface area contributed by atoms with Crippen LogP contribution < -0.4 is 10.5 Å². The number of nitrogens with two attached hydrogens (primary N) is 1. The van der Waals surface area contributed by atoms with E-state index in [-0.39, 0.29) is 0 Å². The van der Waals surface area contributed by atoms with E-state index < -0.39 is 0 Å². The maximum Gasteiger partial charge on any atom is 0.122 e. The lowest BCUT2D eigenvalue weighted by Gasteiger charge is -2.23. The topological polar surface area (TPSA) is 35.2 Å². The van der Waals surface area contributed by atoms with Gasteiger partial charge in [0.1, 0.15) is 5.75 Å². The highest BCUT2D eigenvalue weighted by Gasteiger charge is 2.15. The molecule has 1 aliphatic heterocycles. The van der Waals surface area contributed by atoms with Crippen LogP contribution in [0.4, 0.5) is 0 Å². The predicted molar refractivity (Wildman–Crippen MR) is 87.7 cm³/mol. The van der Waals surface area contributed by atoms with Crippen molar-refractivity contribution in [3.63, 3.8) is 0 Å². The van der Waals surface area contributed by atoms with Crippen molar-refractivity contribution in [3.05, 3.63) is 29.3 Å². The van der Waals surface area contributed by atoms with E-state index in [9.17, 15) is 0 Å². The molecule has 1 unspecified atom stereocenters. The Morgan fingerprint density at radius 3 is 2.86 bits per heavy atom. The maximum atomic E-state index is 6.33.